The molecule has 1 atom stereocenters. The Morgan fingerprint density at radius 2 is 2.22 bits per heavy atom. The van der Waals surface area contributed by atoms with E-state index in [2.05, 4.69) is 5.32 Å². The summed E-state index contributed by atoms with van der Waals surface area (Å²) >= 11 is 0. The number of nitrogens with zero attached hydrogens (tertiary/aromatic N) is 1. The zero-order valence-corrected chi connectivity index (χ0v) is 10.3. The average Bonchev–Trinajstić information content (AvgIpc) is 2.26. The standard InChI is InChI=1S/C12H16N2O4/c1-8(6-12(15)16)7-13-10-4-3-5-11(9(10)2)14(17)18/h3-5,8,13H,6-7H2,1-2H3,(H,15,16). The van der Waals surface area contributed by atoms with Crippen LogP contribution in [0.15, 0.2) is 18.2 Å². The predicted molar refractivity (Wildman–Crippen MR) is 67.7 cm³/mol. The molecule has 6 heteroatoms. The third-order valence-electron chi connectivity index (χ3n) is 2.67. The smallest absolute Gasteiger partial charge is 0.303 e. The van der Waals surface area contributed by atoms with Crippen molar-refractivity contribution in [3.05, 3.63) is 33.9 Å². The number of aliphatic carboxylic acids is 1. The van der Waals surface area contributed by atoms with Crippen molar-refractivity contribution < 1.29 is 14.8 Å². The molecule has 0 aliphatic heterocycles. The molecule has 0 heterocycles. The van der Waals surface area contributed by atoms with E-state index < -0.39 is 10.9 Å². The Bertz CT molecular complexity index is 459. The largest absolute Gasteiger partial charge is 0.481 e. The molecule has 0 amide bonds. The average molecular weight is 252 g/mol. The molecule has 1 aromatic carbocycles. The topological polar surface area (TPSA) is 92.5 Å². The molecular weight excluding hydrogens is 236 g/mol. The monoisotopic (exact) mass is 252 g/mol. The van der Waals surface area contributed by atoms with Gasteiger partial charge in [-0.2, -0.15) is 0 Å². The van der Waals surface area contributed by atoms with E-state index in [0.717, 1.165) is 0 Å². The van der Waals surface area contributed by atoms with Crippen molar-refractivity contribution in [2.24, 2.45) is 5.92 Å². The molecule has 1 unspecified atom stereocenters. The van der Waals surface area contributed by atoms with E-state index in [-0.39, 0.29) is 18.0 Å². The summed E-state index contributed by atoms with van der Waals surface area (Å²) < 4.78 is 0. The summed E-state index contributed by atoms with van der Waals surface area (Å²) in [5.74, 6) is -0.888. The lowest BCUT2D eigenvalue weighted by Crippen LogP contribution is -2.15. The third kappa shape index (κ3) is 3.73. The third-order valence-corrected chi connectivity index (χ3v) is 2.67. The minimum absolute atomic E-state index is 0.0406. The summed E-state index contributed by atoms with van der Waals surface area (Å²) in [6.07, 6.45) is 0.0704. The van der Waals surface area contributed by atoms with Crippen molar-refractivity contribution in [1.29, 1.82) is 0 Å². The van der Waals surface area contributed by atoms with Gasteiger partial charge in [0, 0.05) is 30.3 Å². The summed E-state index contributed by atoms with van der Waals surface area (Å²) in [7, 11) is 0. The Hall–Kier alpha value is -2.11. The molecule has 0 aliphatic rings. The van der Waals surface area contributed by atoms with E-state index in [1.165, 1.54) is 6.07 Å². The van der Waals surface area contributed by atoms with Crippen molar-refractivity contribution in [2.45, 2.75) is 20.3 Å². The van der Waals surface area contributed by atoms with Gasteiger partial charge >= 0.3 is 5.97 Å². The molecule has 0 saturated carbocycles. The van der Waals surface area contributed by atoms with Gasteiger partial charge in [0.05, 0.1) is 4.92 Å². The van der Waals surface area contributed by atoms with Gasteiger partial charge in [0.2, 0.25) is 0 Å². The summed E-state index contributed by atoms with van der Waals surface area (Å²) in [6.45, 7) is 3.95. The van der Waals surface area contributed by atoms with Crippen LogP contribution in [-0.4, -0.2) is 22.5 Å². The Labute approximate surface area is 105 Å². The van der Waals surface area contributed by atoms with Crippen LogP contribution in [0, 0.1) is 23.0 Å². The van der Waals surface area contributed by atoms with Gasteiger partial charge in [0.25, 0.3) is 5.69 Å². The number of carboxylic acid groups (broad SMARTS) is 1. The Balaban J connectivity index is 2.71. The number of nitrogens with one attached hydrogen (secondary N) is 1. The molecule has 18 heavy (non-hydrogen) atoms. The molecular formula is C12H16N2O4. The number of nitro groups is 1. The lowest BCUT2D eigenvalue weighted by molar-refractivity contribution is -0.385. The molecule has 0 fully saturated rings. The highest BCUT2D eigenvalue weighted by Gasteiger charge is 2.14. The van der Waals surface area contributed by atoms with Gasteiger partial charge in [-0.3, -0.25) is 14.9 Å². The number of nitro benzene ring substituents is 1. The van der Waals surface area contributed by atoms with Crippen LogP contribution < -0.4 is 5.32 Å². The van der Waals surface area contributed by atoms with E-state index in [0.29, 0.717) is 17.8 Å². The number of hydrogen-bond acceptors (Lipinski definition) is 4. The van der Waals surface area contributed by atoms with Gasteiger partial charge in [-0.25, -0.2) is 0 Å². The van der Waals surface area contributed by atoms with Gasteiger partial charge in [-0.1, -0.05) is 13.0 Å². The van der Waals surface area contributed by atoms with Crippen LogP contribution in [0.5, 0.6) is 0 Å². The molecule has 0 spiro atoms. The summed E-state index contributed by atoms with van der Waals surface area (Å²) in [5, 5.41) is 22.4. The van der Waals surface area contributed by atoms with Gasteiger partial charge in [-0.05, 0) is 18.9 Å². The highest BCUT2D eigenvalue weighted by molar-refractivity contribution is 5.67. The van der Waals surface area contributed by atoms with Crippen LogP contribution in [-0.2, 0) is 4.79 Å². The van der Waals surface area contributed by atoms with Crippen LogP contribution >= 0.6 is 0 Å². The lowest BCUT2D eigenvalue weighted by Gasteiger charge is -2.13. The van der Waals surface area contributed by atoms with Crippen LogP contribution in [0.25, 0.3) is 0 Å². The van der Waals surface area contributed by atoms with E-state index in [9.17, 15) is 14.9 Å². The molecule has 0 aromatic heterocycles. The normalized spacial score (nSPS) is 11.9. The summed E-state index contributed by atoms with van der Waals surface area (Å²) in [5.41, 5.74) is 1.29. The maximum atomic E-state index is 10.8. The lowest BCUT2D eigenvalue weighted by atomic mass is 10.1. The van der Waals surface area contributed by atoms with Gasteiger partial charge in [0.1, 0.15) is 0 Å². The molecule has 0 aliphatic carbocycles. The maximum absolute atomic E-state index is 10.8. The van der Waals surface area contributed by atoms with Crippen LogP contribution in [0.3, 0.4) is 0 Å². The first kappa shape index (κ1) is 14.0. The van der Waals surface area contributed by atoms with E-state index in [1.54, 1.807) is 19.1 Å². The molecule has 1 aromatic rings. The summed E-state index contributed by atoms with van der Waals surface area (Å²) in [6, 6.07) is 4.80. The number of carboxylic acids is 1. The van der Waals surface area contributed by atoms with E-state index in [1.807, 2.05) is 6.92 Å². The van der Waals surface area contributed by atoms with Crippen LogP contribution in [0.1, 0.15) is 18.9 Å². The number of carbonyl (C=O) groups is 1. The van der Waals surface area contributed by atoms with E-state index >= 15 is 0 Å². The van der Waals surface area contributed by atoms with Crippen LogP contribution in [0.4, 0.5) is 11.4 Å². The molecule has 98 valence electrons. The second-order valence-corrected chi connectivity index (χ2v) is 4.29. The number of anilines is 1. The Morgan fingerprint density at radius 1 is 1.56 bits per heavy atom. The molecule has 0 bridgehead atoms. The molecule has 0 radical (unpaired) electrons. The number of rotatable bonds is 6. The van der Waals surface area contributed by atoms with Crippen LogP contribution in [0.2, 0.25) is 0 Å². The minimum Gasteiger partial charge on any atom is -0.481 e. The van der Waals surface area contributed by atoms with Crippen molar-refractivity contribution >= 4 is 17.3 Å². The predicted octanol–water partition coefficient (Wildman–Crippen LogP) is 2.43. The minimum atomic E-state index is -0.847. The maximum Gasteiger partial charge on any atom is 0.303 e. The SMILES string of the molecule is Cc1c(NCC(C)CC(=O)O)cccc1[N+](=O)[O-]. The van der Waals surface area contributed by atoms with E-state index in [4.69, 9.17) is 5.11 Å². The summed E-state index contributed by atoms with van der Waals surface area (Å²) in [4.78, 5) is 20.8. The zero-order valence-electron chi connectivity index (χ0n) is 10.3. The van der Waals surface area contributed by atoms with Crippen molar-refractivity contribution in [3.8, 4) is 0 Å². The van der Waals surface area contributed by atoms with Crippen molar-refractivity contribution in [1.82, 2.24) is 0 Å². The van der Waals surface area contributed by atoms with Gasteiger partial charge in [0.15, 0.2) is 0 Å². The Morgan fingerprint density at radius 3 is 2.78 bits per heavy atom. The highest BCUT2D eigenvalue weighted by atomic mass is 16.6. The fraction of sp³-hybridized carbons (Fsp3) is 0.417. The molecule has 6 nitrogen and oxygen atoms in total. The second kappa shape index (κ2) is 6.00. The van der Waals surface area contributed by atoms with Gasteiger partial charge < -0.3 is 10.4 Å². The fourth-order valence-electron chi connectivity index (χ4n) is 1.67. The van der Waals surface area contributed by atoms with Crippen molar-refractivity contribution in [3.63, 3.8) is 0 Å². The molecule has 2 N–H and O–H groups in total. The Kier molecular flexibility index (Phi) is 4.65. The first-order chi connectivity index (χ1) is 8.41. The van der Waals surface area contributed by atoms with Crippen molar-refractivity contribution in [2.75, 3.05) is 11.9 Å². The number of hydrogen-bond donors (Lipinski definition) is 2. The van der Waals surface area contributed by atoms with Gasteiger partial charge in [-0.15, -0.1) is 0 Å². The first-order valence-electron chi connectivity index (χ1n) is 5.61. The number of benzene rings is 1. The molecule has 0 saturated heterocycles. The fourth-order valence-corrected chi connectivity index (χ4v) is 1.67. The quantitative estimate of drug-likeness (QED) is 0.599. The zero-order chi connectivity index (χ0) is 13.7. The molecule has 1 rings (SSSR count). The first-order valence-corrected chi connectivity index (χ1v) is 5.61. The second-order valence-electron chi connectivity index (χ2n) is 4.29. The highest BCUT2D eigenvalue weighted by Crippen LogP contribution is 2.25.